The van der Waals surface area contributed by atoms with Crippen molar-refractivity contribution in [3.05, 3.63) is 0 Å². The molecule has 0 bridgehead atoms. The van der Waals surface area contributed by atoms with Crippen molar-refractivity contribution in [2.24, 2.45) is 5.92 Å². The molecule has 0 aromatic rings. The summed E-state index contributed by atoms with van der Waals surface area (Å²) in [6, 6.07) is 0. The van der Waals surface area contributed by atoms with Gasteiger partial charge in [-0.2, -0.15) is 0 Å². The molecule has 0 aromatic carbocycles. The second-order valence-corrected chi connectivity index (χ2v) is 3.53. The third-order valence-corrected chi connectivity index (χ3v) is 2.01. The Morgan fingerprint density at radius 2 is 2.36 bits per heavy atom. The second-order valence-electron chi connectivity index (χ2n) is 2.88. The molecule has 0 saturated carbocycles. The van der Waals surface area contributed by atoms with Gasteiger partial charge in [-0.05, 0) is 6.92 Å². The normalized spacial score (nSPS) is 21.2. The minimum absolute atomic E-state index is 0.0503. The average molecular weight is 180 g/mol. The van der Waals surface area contributed by atoms with Crippen molar-refractivity contribution in [2.75, 3.05) is 19.8 Å². The molecule has 1 unspecified atom stereocenters. The number of hydrogen-bond donors (Lipinski definition) is 0. The first-order chi connectivity index (χ1) is 5.15. The number of hydrogen-bond acceptors (Lipinski definition) is 1. The molecule has 0 aliphatic carbocycles. The van der Waals surface area contributed by atoms with Crippen molar-refractivity contribution in [1.82, 2.24) is 4.90 Å². The molecule has 0 spiro atoms. The molecule has 1 amide bonds. The Morgan fingerprint density at radius 1 is 1.82 bits per heavy atom. The van der Waals surface area contributed by atoms with Gasteiger partial charge in [0, 0.05) is 19.0 Å². The van der Waals surface area contributed by atoms with E-state index in [1.807, 2.05) is 0 Å². The molecule has 1 heterocycles. The Kier molecular flexibility index (Phi) is 2.71. The molecule has 1 rings (SSSR count). The van der Waals surface area contributed by atoms with Crippen LogP contribution < -0.4 is 0 Å². The van der Waals surface area contributed by atoms with E-state index in [0.29, 0.717) is 13.1 Å². The highest BCUT2D eigenvalue weighted by Gasteiger charge is 2.31. The molecule has 0 aromatic heterocycles. The lowest BCUT2D eigenvalue weighted by Crippen LogP contribution is -2.52. The van der Waals surface area contributed by atoms with Crippen molar-refractivity contribution < 1.29 is 9.18 Å². The Labute approximate surface area is 70.3 Å². The van der Waals surface area contributed by atoms with Gasteiger partial charge in [0.1, 0.15) is 5.38 Å². The molecular formula is C7H11ClFNO. The van der Waals surface area contributed by atoms with Crippen LogP contribution in [0.15, 0.2) is 0 Å². The minimum atomic E-state index is -0.476. The molecule has 1 aliphatic rings. The third-order valence-electron chi connectivity index (χ3n) is 1.83. The van der Waals surface area contributed by atoms with Gasteiger partial charge in [-0.15, -0.1) is 11.6 Å². The summed E-state index contributed by atoms with van der Waals surface area (Å²) in [6.45, 7) is 2.37. The van der Waals surface area contributed by atoms with Crippen LogP contribution in [0.5, 0.6) is 0 Å². The first-order valence-corrected chi connectivity index (χ1v) is 4.07. The van der Waals surface area contributed by atoms with Gasteiger partial charge < -0.3 is 4.90 Å². The van der Waals surface area contributed by atoms with Crippen LogP contribution in [0.3, 0.4) is 0 Å². The Hall–Kier alpha value is -0.310. The van der Waals surface area contributed by atoms with E-state index in [1.165, 1.54) is 0 Å². The van der Waals surface area contributed by atoms with Crippen LogP contribution in [0.2, 0.25) is 0 Å². The number of likely N-dealkylation sites (tertiary alicyclic amines) is 1. The molecule has 2 nitrogen and oxygen atoms in total. The largest absolute Gasteiger partial charge is 0.341 e. The monoisotopic (exact) mass is 179 g/mol. The number of amides is 1. The fraction of sp³-hybridized carbons (Fsp3) is 0.857. The molecule has 0 radical (unpaired) electrons. The van der Waals surface area contributed by atoms with Gasteiger partial charge in [-0.1, -0.05) is 0 Å². The fourth-order valence-electron chi connectivity index (χ4n) is 1.10. The van der Waals surface area contributed by atoms with E-state index in [9.17, 15) is 9.18 Å². The highest BCUT2D eigenvalue weighted by molar-refractivity contribution is 6.30. The van der Waals surface area contributed by atoms with Crippen LogP contribution in [-0.4, -0.2) is 35.9 Å². The molecular weight excluding hydrogens is 169 g/mol. The predicted octanol–water partition coefficient (Wildman–Crippen LogP) is 1.04. The molecule has 1 saturated heterocycles. The smallest absolute Gasteiger partial charge is 0.240 e. The van der Waals surface area contributed by atoms with Gasteiger partial charge in [0.2, 0.25) is 5.91 Å². The maximum absolute atomic E-state index is 11.9. The second kappa shape index (κ2) is 3.39. The van der Waals surface area contributed by atoms with Crippen LogP contribution >= 0.6 is 11.6 Å². The first kappa shape index (κ1) is 8.78. The maximum Gasteiger partial charge on any atom is 0.240 e. The zero-order chi connectivity index (χ0) is 8.43. The van der Waals surface area contributed by atoms with Gasteiger partial charge in [0.15, 0.2) is 0 Å². The fourth-order valence-corrected chi connectivity index (χ4v) is 1.24. The van der Waals surface area contributed by atoms with E-state index in [4.69, 9.17) is 11.6 Å². The molecule has 4 heteroatoms. The van der Waals surface area contributed by atoms with Crippen molar-refractivity contribution >= 4 is 17.5 Å². The summed E-state index contributed by atoms with van der Waals surface area (Å²) in [5.74, 6) is -0.0364. The van der Waals surface area contributed by atoms with E-state index < -0.39 is 5.38 Å². The van der Waals surface area contributed by atoms with Crippen LogP contribution in [0.1, 0.15) is 6.92 Å². The van der Waals surface area contributed by atoms with Gasteiger partial charge in [0.25, 0.3) is 0 Å². The summed E-state index contributed by atoms with van der Waals surface area (Å²) in [5, 5.41) is -0.476. The molecule has 1 fully saturated rings. The average Bonchev–Trinajstić information content (AvgIpc) is 1.85. The molecule has 0 N–H and O–H groups in total. The minimum Gasteiger partial charge on any atom is -0.341 e. The number of alkyl halides is 2. The number of rotatable bonds is 2. The number of halogens is 2. The SMILES string of the molecule is CC(Cl)C(=O)N1CC(CF)C1. The van der Waals surface area contributed by atoms with Gasteiger partial charge in [-0.3, -0.25) is 9.18 Å². The van der Waals surface area contributed by atoms with Gasteiger partial charge in [-0.25, -0.2) is 0 Å². The van der Waals surface area contributed by atoms with E-state index in [2.05, 4.69) is 0 Å². The summed E-state index contributed by atoms with van der Waals surface area (Å²) in [5.41, 5.74) is 0. The number of carbonyl (C=O) groups excluding carboxylic acids is 1. The van der Waals surface area contributed by atoms with Crippen LogP contribution in [0, 0.1) is 5.92 Å². The van der Waals surface area contributed by atoms with Crippen LogP contribution in [0.25, 0.3) is 0 Å². The van der Waals surface area contributed by atoms with Gasteiger partial charge in [0.05, 0.1) is 6.67 Å². The molecule has 1 aliphatic heterocycles. The highest BCUT2D eigenvalue weighted by atomic mass is 35.5. The lowest BCUT2D eigenvalue weighted by molar-refractivity contribution is -0.137. The standard InChI is InChI=1S/C7H11ClFNO/c1-5(8)7(11)10-3-6(2-9)4-10/h5-6H,2-4H2,1H3. The zero-order valence-corrected chi connectivity index (χ0v) is 7.14. The lowest BCUT2D eigenvalue weighted by Gasteiger charge is -2.38. The third kappa shape index (κ3) is 1.83. The molecule has 64 valence electrons. The quantitative estimate of drug-likeness (QED) is 0.581. The summed E-state index contributed by atoms with van der Waals surface area (Å²) < 4.78 is 11.9. The lowest BCUT2D eigenvalue weighted by atomic mass is 10.0. The summed E-state index contributed by atoms with van der Waals surface area (Å²) >= 11 is 5.54. The maximum atomic E-state index is 11.9. The van der Waals surface area contributed by atoms with E-state index >= 15 is 0 Å². The van der Waals surface area contributed by atoms with Crippen LogP contribution in [0.4, 0.5) is 4.39 Å². The Morgan fingerprint density at radius 3 is 2.73 bits per heavy atom. The molecule has 11 heavy (non-hydrogen) atoms. The van der Waals surface area contributed by atoms with Crippen molar-refractivity contribution in [3.63, 3.8) is 0 Å². The summed E-state index contributed by atoms with van der Waals surface area (Å²) in [4.78, 5) is 12.6. The molecule has 1 atom stereocenters. The van der Waals surface area contributed by atoms with E-state index in [0.717, 1.165) is 0 Å². The van der Waals surface area contributed by atoms with Crippen LogP contribution in [-0.2, 0) is 4.79 Å². The van der Waals surface area contributed by atoms with E-state index in [-0.39, 0.29) is 18.5 Å². The number of nitrogens with zero attached hydrogens (tertiary/aromatic N) is 1. The number of carbonyl (C=O) groups is 1. The zero-order valence-electron chi connectivity index (χ0n) is 6.39. The van der Waals surface area contributed by atoms with Crippen molar-refractivity contribution in [1.29, 1.82) is 0 Å². The summed E-state index contributed by atoms with van der Waals surface area (Å²) in [7, 11) is 0. The Bertz CT molecular complexity index is 157. The summed E-state index contributed by atoms with van der Waals surface area (Å²) in [6.07, 6.45) is 0. The van der Waals surface area contributed by atoms with Crippen molar-refractivity contribution in [3.8, 4) is 0 Å². The van der Waals surface area contributed by atoms with Gasteiger partial charge >= 0.3 is 0 Å². The van der Waals surface area contributed by atoms with Crippen molar-refractivity contribution in [2.45, 2.75) is 12.3 Å². The topological polar surface area (TPSA) is 20.3 Å². The highest BCUT2D eigenvalue weighted by Crippen LogP contribution is 2.17. The first-order valence-electron chi connectivity index (χ1n) is 3.64. The Balaban J connectivity index is 2.27. The predicted molar refractivity (Wildman–Crippen MR) is 41.4 cm³/mol. The van der Waals surface area contributed by atoms with E-state index in [1.54, 1.807) is 11.8 Å².